The van der Waals surface area contributed by atoms with Crippen LogP contribution in [0.2, 0.25) is 0 Å². The lowest BCUT2D eigenvalue weighted by Crippen LogP contribution is -2.57. The van der Waals surface area contributed by atoms with E-state index in [0.717, 1.165) is 43.0 Å². The second kappa shape index (κ2) is 6.72. The average Bonchev–Trinajstić information content (AvgIpc) is 2.56. The highest BCUT2D eigenvalue weighted by Crippen LogP contribution is 2.17. The number of halogens is 1. The summed E-state index contributed by atoms with van der Waals surface area (Å²) in [4.78, 5) is 20.9. The van der Waals surface area contributed by atoms with Crippen molar-refractivity contribution in [2.24, 2.45) is 0 Å². The largest absolute Gasteiger partial charge is 0.378 e. The lowest BCUT2D eigenvalue weighted by molar-refractivity contribution is -0.136. The monoisotopic (exact) mass is 354 g/mol. The molecule has 1 atom stereocenters. The zero-order valence-electron chi connectivity index (χ0n) is 11.8. The highest BCUT2D eigenvalue weighted by atomic mass is 79.9. The van der Waals surface area contributed by atoms with Gasteiger partial charge in [0.25, 0.3) is 0 Å². The fourth-order valence-corrected chi connectivity index (χ4v) is 2.89. The molecule has 2 fully saturated rings. The van der Waals surface area contributed by atoms with E-state index in [0.29, 0.717) is 13.2 Å². The van der Waals surface area contributed by atoms with E-state index in [-0.39, 0.29) is 11.9 Å². The van der Waals surface area contributed by atoms with Gasteiger partial charge in [0, 0.05) is 43.4 Å². The van der Waals surface area contributed by atoms with Gasteiger partial charge in [0.2, 0.25) is 5.91 Å². The molecule has 2 aliphatic rings. The van der Waals surface area contributed by atoms with Gasteiger partial charge < -0.3 is 19.9 Å². The third kappa shape index (κ3) is 3.53. The van der Waals surface area contributed by atoms with E-state index in [9.17, 15) is 4.79 Å². The normalized spacial score (nSPS) is 23.2. The van der Waals surface area contributed by atoms with Crippen LogP contribution in [-0.2, 0) is 9.53 Å². The number of rotatable bonds is 2. The third-order valence-electron chi connectivity index (χ3n) is 3.85. The van der Waals surface area contributed by atoms with Gasteiger partial charge in [-0.2, -0.15) is 0 Å². The van der Waals surface area contributed by atoms with Gasteiger partial charge in [-0.15, -0.1) is 0 Å². The standard InChI is InChI=1S/C14H19BrN4O2/c15-11-1-2-13(17-9-11)18-4-6-19(7-5-18)14(20)12-10-21-8-3-16-12/h1-2,9,12,16H,3-8,10H2. The molecule has 21 heavy (non-hydrogen) atoms. The first-order valence-electron chi connectivity index (χ1n) is 7.20. The van der Waals surface area contributed by atoms with Crippen molar-refractivity contribution in [1.29, 1.82) is 0 Å². The number of carbonyl (C=O) groups excluding carboxylic acids is 1. The smallest absolute Gasteiger partial charge is 0.242 e. The molecule has 6 nitrogen and oxygen atoms in total. The summed E-state index contributed by atoms with van der Waals surface area (Å²) < 4.78 is 6.34. The summed E-state index contributed by atoms with van der Waals surface area (Å²) in [6.07, 6.45) is 1.80. The number of hydrogen-bond acceptors (Lipinski definition) is 5. The van der Waals surface area contributed by atoms with E-state index >= 15 is 0 Å². The number of pyridine rings is 1. The molecule has 2 saturated heterocycles. The Morgan fingerprint density at radius 1 is 1.33 bits per heavy atom. The van der Waals surface area contributed by atoms with Crippen molar-refractivity contribution in [1.82, 2.24) is 15.2 Å². The predicted molar refractivity (Wildman–Crippen MR) is 83.3 cm³/mol. The number of anilines is 1. The van der Waals surface area contributed by atoms with Gasteiger partial charge in [-0.3, -0.25) is 4.79 Å². The van der Waals surface area contributed by atoms with Crippen LogP contribution in [-0.4, -0.2) is 67.8 Å². The second-order valence-electron chi connectivity index (χ2n) is 5.23. The maximum absolute atomic E-state index is 12.4. The summed E-state index contributed by atoms with van der Waals surface area (Å²) in [6.45, 7) is 5.00. The molecule has 7 heteroatoms. The molecule has 0 radical (unpaired) electrons. The molecule has 3 heterocycles. The van der Waals surface area contributed by atoms with Gasteiger partial charge in [-0.25, -0.2) is 4.98 Å². The van der Waals surface area contributed by atoms with E-state index in [2.05, 4.69) is 31.1 Å². The minimum Gasteiger partial charge on any atom is -0.378 e. The first kappa shape index (κ1) is 14.7. The SMILES string of the molecule is O=C(C1COCCN1)N1CCN(c2ccc(Br)cn2)CC1. The van der Waals surface area contributed by atoms with Crippen molar-refractivity contribution in [3.05, 3.63) is 22.8 Å². The molecular formula is C14H19BrN4O2. The van der Waals surface area contributed by atoms with Crippen LogP contribution in [0.1, 0.15) is 0 Å². The summed E-state index contributed by atoms with van der Waals surface area (Å²) in [5.74, 6) is 1.11. The number of piperazine rings is 1. The minimum atomic E-state index is -0.184. The Kier molecular flexibility index (Phi) is 4.72. The number of hydrogen-bond donors (Lipinski definition) is 1. The van der Waals surface area contributed by atoms with Crippen molar-refractivity contribution in [3.8, 4) is 0 Å². The molecule has 114 valence electrons. The van der Waals surface area contributed by atoms with E-state index in [1.165, 1.54) is 0 Å². The summed E-state index contributed by atoms with van der Waals surface area (Å²) in [5.41, 5.74) is 0. The highest BCUT2D eigenvalue weighted by Gasteiger charge is 2.28. The van der Waals surface area contributed by atoms with Gasteiger partial charge in [-0.1, -0.05) is 0 Å². The molecule has 0 aromatic carbocycles. The Labute approximate surface area is 132 Å². The second-order valence-corrected chi connectivity index (χ2v) is 6.14. The number of ether oxygens (including phenoxy) is 1. The zero-order chi connectivity index (χ0) is 14.7. The van der Waals surface area contributed by atoms with Crippen molar-refractivity contribution in [2.75, 3.05) is 50.8 Å². The Bertz CT molecular complexity index is 482. The topological polar surface area (TPSA) is 57.7 Å². The number of carbonyl (C=O) groups is 1. The van der Waals surface area contributed by atoms with Crippen molar-refractivity contribution >= 4 is 27.7 Å². The number of aromatic nitrogens is 1. The quantitative estimate of drug-likeness (QED) is 0.837. The molecule has 1 N–H and O–H groups in total. The Hall–Kier alpha value is -1.18. The average molecular weight is 355 g/mol. The molecule has 2 aliphatic heterocycles. The van der Waals surface area contributed by atoms with E-state index in [4.69, 9.17) is 4.74 Å². The van der Waals surface area contributed by atoms with Gasteiger partial charge >= 0.3 is 0 Å². The Morgan fingerprint density at radius 3 is 2.76 bits per heavy atom. The molecule has 1 unspecified atom stereocenters. The maximum Gasteiger partial charge on any atom is 0.242 e. The van der Waals surface area contributed by atoms with E-state index in [1.807, 2.05) is 17.0 Å². The van der Waals surface area contributed by atoms with E-state index < -0.39 is 0 Å². The maximum atomic E-state index is 12.4. The lowest BCUT2D eigenvalue weighted by Gasteiger charge is -2.37. The molecule has 0 spiro atoms. The molecule has 3 rings (SSSR count). The Morgan fingerprint density at radius 2 is 2.14 bits per heavy atom. The number of nitrogens with one attached hydrogen (secondary N) is 1. The van der Waals surface area contributed by atoms with Gasteiger partial charge in [-0.05, 0) is 28.1 Å². The summed E-state index contributed by atoms with van der Waals surface area (Å²) in [5, 5.41) is 3.22. The van der Waals surface area contributed by atoms with Crippen LogP contribution < -0.4 is 10.2 Å². The summed E-state index contributed by atoms with van der Waals surface area (Å²) in [6, 6.07) is 3.80. The molecule has 0 saturated carbocycles. The van der Waals surface area contributed by atoms with Crippen LogP contribution in [0.25, 0.3) is 0 Å². The van der Waals surface area contributed by atoms with E-state index in [1.54, 1.807) is 6.20 Å². The summed E-state index contributed by atoms with van der Waals surface area (Å²) >= 11 is 3.39. The molecule has 0 bridgehead atoms. The summed E-state index contributed by atoms with van der Waals surface area (Å²) in [7, 11) is 0. The van der Waals surface area contributed by atoms with Crippen LogP contribution in [0.15, 0.2) is 22.8 Å². The van der Waals surface area contributed by atoms with Crippen molar-refractivity contribution < 1.29 is 9.53 Å². The molecule has 1 amide bonds. The first-order chi connectivity index (χ1) is 10.2. The minimum absolute atomic E-state index is 0.151. The van der Waals surface area contributed by atoms with Gasteiger partial charge in [0.05, 0.1) is 13.2 Å². The van der Waals surface area contributed by atoms with Crippen LogP contribution in [0.4, 0.5) is 5.82 Å². The zero-order valence-corrected chi connectivity index (χ0v) is 13.4. The van der Waals surface area contributed by atoms with Crippen LogP contribution in [0.3, 0.4) is 0 Å². The van der Waals surface area contributed by atoms with Crippen LogP contribution in [0, 0.1) is 0 Å². The molecule has 0 aliphatic carbocycles. The lowest BCUT2D eigenvalue weighted by atomic mass is 10.2. The van der Waals surface area contributed by atoms with Crippen LogP contribution in [0.5, 0.6) is 0 Å². The van der Waals surface area contributed by atoms with Gasteiger partial charge in [0.1, 0.15) is 11.9 Å². The Balaban J connectivity index is 1.54. The van der Waals surface area contributed by atoms with Crippen molar-refractivity contribution in [2.45, 2.75) is 6.04 Å². The first-order valence-corrected chi connectivity index (χ1v) is 8.00. The predicted octanol–water partition coefficient (Wildman–Crippen LogP) is 0.481. The molecule has 1 aromatic rings. The molecule has 1 aromatic heterocycles. The van der Waals surface area contributed by atoms with Gasteiger partial charge in [0.15, 0.2) is 0 Å². The fraction of sp³-hybridized carbons (Fsp3) is 0.571. The van der Waals surface area contributed by atoms with Crippen molar-refractivity contribution in [3.63, 3.8) is 0 Å². The van der Waals surface area contributed by atoms with Crippen LogP contribution >= 0.6 is 15.9 Å². The molecular weight excluding hydrogens is 336 g/mol. The fourth-order valence-electron chi connectivity index (χ4n) is 2.66. The number of amides is 1. The number of morpholine rings is 1. The highest BCUT2D eigenvalue weighted by molar-refractivity contribution is 9.10. The number of nitrogens with zero attached hydrogens (tertiary/aromatic N) is 3. The third-order valence-corrected chi connectivity index (χ3v) is 4.32.